The van der Waals surface area contributed by atoms with Crippen molar-refractivity contribution in [3.8, 4) is 6.07 Å². The SMILES string of the molecule is Cn1cc(C(=O)NCc2cc(C#N)ccc2F)c(C2CCOC2)n1. The van der Waals surface area contributed by atoms with E-state index in [0.717, 1.165) is 6.42 Å². The van der Waals surface area contributed by atoms with Crippen LogP contribution >= 0.6 is 0 Å². The fraction of sp³-hybridized carbons (Fsp3) is 0.353. The van der Waals surface area contributed by atoms with Crippen molar-refractivity contribution in [1.29, 1.82) is 5.26 Å². The van der Waals surface area contributed by atoms with E-state index in [-0.39, 0.29) is 23.9 Å². The molecule has 0 radical (unpaired) electrons. The zero-order chi connectivity index (χ0) is 17.1. The van der Waals surface area contributed by atoms with Gasteiger partial charge in [-0.15, -0.1) is 0 Å². The third-order valence-corrected chi connectivity index (χ3v) is 4.03. The Morgan fingerprint density at radius 3 is 3.12 bits per heavy atom. The zero-order valence-electron chi connectivity index (χ0n) is 13.3. The van der Waals surface area contributed by atoms with Crippen molar-refractivity contribution >= 4 is 5.91 Å². The summed E-state index contributed by atoms with van der Waals surface area (Å²) in [6.07, 6.45) is 2.49. The summed E-state index contributed by atoms with van der Waals surface area (Å²) in [7, 11) is 1.76. The van der Waals surface area contributed by atoms with E-state index in [0.29, 0.717) is 30.0 Å². The molecule has 1 aliphatic rings. The van der Waals surface area contributed by atoms with E-state index in [1.807, 2.05) is 6.07 Å². The van der Waals surface area contributed by atoms with Gasteiger partial charge >= 0.3 is 0 Å². The molecule has 6 nitrogen and oxygen atoms in total. The molecule has 1 aromatic heterocycles. The number of amides is 1. The average molecular weight is 328 g/mol. The van der Waals surface area contributed by atoms with Gasteiger partial charge in [0, 0.05) is 37.9 Å². The van der Waals surface area contributed by atoms with Crippen LogP contribution in [-0.2, 0) is 18.3 Å². The van der Waals surface area contributed by atoms with Gasteiger partial charge in [0.15, 0.2) is 0 Å². The molecule has 0 spiro atoms. The molecule has 7 heteroatoms. The van der Waals surface area contributed by atoms with Gasteiger partial charge in [-0.1, -0.05) is 0 Å². The normalized spacial score (nSPS) is 16.8. The summed E-state index contributed by atoms with van der Waals surface area (Å²) in [5.74, 6) is -0.665. The largest absolute Gasteiger partial charge is 0.381 e. The number of nitriles is 1. The van der Waals surface area contributed by atoms with Crippen LogP contribution in [-0.4, -0.2) is 28.9 Å². The highest BCUT2D eigenvalue weighted by Gasteiger charge is 2.26. The third-order valence-electron chi connectivity index (χ3n) is 4.03. The van der Waals surface area contributed by atoms with Crippen molar-refractivity contribution in [3.05, 3.63) is 52.6 Å². The number of nitrogens with one attached hydrogen (secondary N) is 1. The van der Waals surface area contributed by atoms with E-state index < -0.39 is 5.82 Å². The first kappa shape index (κ1) is 16.1. The summed E-state index contributed by atoms with van der Waals surface area (Å²) >= 11 is 0. The minimum Gasteiger partial charge on any atom is -0.381 e. The Morgan fingerprint density at radius 2 is 2.42 bits per heavy atom. The molecule has 1 atom stereocenters. The summed E-state index contributed by atoms with van der Waals surface area (Å²) in [4.78, 5) is 12.5. The van der Waals surface area contributed by atoms with Crippen LogP contribution in [0.3, 0.4) is 0 Å². The predicted molar refractivity (Wildman–Crippen MR) is 83.7 cm³/mol. The molecule has 0 saturated carbocycles. The number of rotatable bonds is 4. The van der Waals surface area contributed by atoms with Crippen molar-refractivity contribution in [1.82, 2.24) is 15.1 Å². The molecule has 124 valence electrons. The standard InChI is InChI=1S/C17H17FN4O2/c1-22-9-14(16(21-22)12-4-5-24-10-12)17(23)20-8-13-6-11(7-19)2-3-15(13)18/h2-3,6,9,12H,4-5,8,10H2,1H3,(H,20,23). The lowest BCUT2D eigenvalue weighted by Crippen LogP contribution is -2.24. The van der Waals surface area contributed by atoms with E-state index >= 15 is 0 Å². The Kier molecular flexibility index (Phi) is 4.58. The van der Waals surface area contributed by atoms with E-state index in [4.69, 9.17) is 10.00 Å². The van der Waals surface area contributed by atoms with Gasteiger partial charge in [0.2, 0.25) is 0 Å². The van der Waals surface area contributed by atoms with Gasteiger partial charge in [-0.3, -0.25) is 9.48 Å². The Hall–Kier alpha value is -2.72. The van der Waals surface area contributed by atoms with Crippen LogP contribution in [0.4, 0.5) is 4.39 Å². The number of carbonyl (C=O) groups excluding carboxylic acids is 1. The molecule has 3 rings (SSSR count). The Bertz CT molecular complexity index is 803. The topological polar surface area (TPSA) is 79.9 Å². The van der Waals surface area contributed by atoms with Crippen molar-refractivity contribution in [2.75, 3.05) is 13.2 Å². The van der Waals surface area contributed by atoms with Gasteiger partial charge in [-0.25, -0.2) is 4.39 Å². The number of aryl methyl sites for hydroxylation is 1. The van der Waals surface area contributed by atoms with E-state index in [1.54, 1.807) is 17.9 Å². The highest BCUT2D eigenvalue weighted by Crippen LogP contribution is 2.26. The molecule has 0 bridgehead atoms. The summed E-state index contributed by atoms with van der Waals surface area (Å²) in [5.41, 5.74) is 1.81. The second-order valence-electron chi connectivity index (χ2n) is 5.76. The quantitative estimate of drug-likeness (QED) is 0.929. The maximum absolute atomic E-state index is 13.8. The van der Waals surface area contributed by atoms with Gasteiger partial charge in [0.1, 0.15) is 5.82 Å². The lowest BCUT2D eigenvalue weighted by atomic mass is 10.0. The van der Waals surface area contributed by atoms with E-state index in [1.165, 1.54) is 18.2 Å². The summed E-state index contributed by atoms with van der Waals surface area (Å²) in [6.45, 7) is 1.22. The molecular formula is C17H17FN4O2. The predicted octanol–water partition coefficient (Wildman–Crippen LogP) is 1.86. The van der Waals surface area contributed by atoms with Crippen LogP contribution in [0.25, 0.3) is 0 Å². The minimum atomic E-state index is -0.454. The number of carbonyl (C=O) groups is 1. The summed E-state index contributed by atoms with van der Waals surface area (Å²) < 4.78 is 20.8. The molecule has 1 unspecified atom stereocenters. The molecule has 1 fully saturated rings. The number of benzene rings is 1. The van der Waals surface area contributed by atoms with Crippen molar-refractivity contribution in [2.24, 2.45) is 7.05 Å². The molecular weight excluding hydrogens is 311 g/mol. The minimum absolute atomic E-state index is 0.00961. The highest BCUT2D eigenvalue weighted by molar-refractivity contribution is 5.95. The first-order valence-electron chi connectivity index (χ1n) is 7.66. The Labute approximate surface area is 138 Å². The molecule has 1 aromatic carbocycles. The number of nitrogens with zero attached hydrogens (tertiary/aromatic N) is 3. The second-order valence-corrected chi connectivity index (χ2v) is 5.76. The first-order valence-corrected chi connectivity index (χ1v) is 7.66. The Balaban J connectivity index is 1.75. The third kappa shape index (κ3) is 3.29. The fourth-order valence-electron chi connectivity index (χ4n) is 2.78. The van der Waals surface area contributed by atoms with Crippen LogP contribution in [0.1, 0.15) is 39.5 Å². The van der Waals surface area contributed by atoms with Crippen molar-refractivity contribution < 1.29 is 13.9 Å². The molecule has 1 N–H and O–H groups in total. The van der Waals surface area contributed by atoms with Crippen molar-refractivity contribution in [2.45, 2.75) is 18.9 Å². The zero-order valence-corrected chi connectivity index (χ0v) is 13.3. The molecule has 24 heavy (non-hydrogen) atoms. The van der Waals surface area contributed by atoms with E-state index in [2.05, 4.69) is 10.4 Å². The fourth-order valence-corrected chi connectivity index (χ4v) is 2.78. The van der Waals surface area contributed by atoms with Gasteiger partial charge in [0.25, 0.3) is 5.91 Å². The summed E-state index contributed by atoms with van der Waals surface area (Å²) in [5, 5.41) is 16.0. The molecule has 1 saturated heterocycles. The van der Waals surface area contributed by atoms with Crippen LogP contribution in [0.2, 0.25) is 0 Å². The van der Waals surface area contributed by atoms with Gasteiger partial charge in [-0.05, 0) is 24.6 Å². The second kappa shape index (κ2) is 6.81. The Morgan fingerprint density at radius 1 is 1.58 bits per heavy atom. The molecule has 1 amide bonds. The summed E-state index contributed by atoms with van der Waals surface area (Å²) in [6, 6.07) is 6.02. The number of hydrogen-bond donors (Lipinski definition) is 1. The lowest BCUT2D eigenvalue weighted by Gasteiger charge is -2.09. The van der Waals surface area contributed by atoms with Crippen LogP contribution in [0, 0.1) is 17.1 Å². The lowest BCUT2D eigenvalue weighted by molar-refractivity contribution is 0.0949. The van der Waals surface area contributed by atoms with Gasteiger partial charge in [0.05, 0.1) is 29.5 Å². The number of halogens is 1. The maximum Gasteiger partial charge on any atom is 0.255 e. The smallest absolute Gasteiger partial charge is 0.255 e. The van der Waals surface area contributed by atoms with Crippen LogP contribution in [0.5, 0.6) is 0 Å². The molecule has 1 aliphatic heterocycles. The highest BCUT2D eigenvalue weighted by atomic mass is 19.1. The van der Waals surface area contributed by atoms with Gasteiger partial charge < -0.3 is 10.1 Å². The number of aromatic nitrogens is 2. The maximum atomic E-state index is 13.8. The number of ether oxygens (including phenoxy) is 1. The van der Waals surface area contributed by atoms with E-state index in [9.17, 15) is 9.18 Å². The van der Waals surface area contributed by atoms with Crippen LogP contribution in [0.15, 0.2) is 24.4 Å². The van der Waals surface area contributed by atoms with Gasteiger partial charge in [-0.2, -0.15) is 10.4 Å². The van der Waals surface area contributed by atoms with Crippen LogP contribution < -0.4 is 5.32 Å². The number of hydrogen-bond acceptors (Lipinski definition) is 4. The first-order chi connectivity index (χ1) is 11.6. The molecule has 2 heterocycles. The monoisotopic (exact) mass is 328 g/mol. The molecule has 0 aliphatic carbocycles. The van der Waals surface area contributed by atoms with Crippen molar-refractivity contribution in [3.63, 3.8) is 0 Å². The average Bonchev–Trinajstić information content (AvgIpc) is 3.23. The molecule has 2 aromatic rings.